The number of nitrogens with zero attached hydrogens (tertiary/aromatic N) is 1. The van der Waals surface area contributed by atoms with Crippen LogP contribution in [0.15, 0.2) is 109 Å². The Bertz CT molecular complexity index is 1610. The van der Waals surface area contributed by atoms with Crippen molar-refractivity contribution in [1.82, 2.24) is 4.57 Å². The lowest BCUT2D eigenvalue weighted by Crippen LogP contribution is -1.94. The summed E-state index contributed by atoms with van der Waals surface area (Å²) in [6.45, 7) is 2.21. The zero-order valence-electron chi connectivity index (χ0n) is 16.7. The van der Waals surface area contributed by atoms with Crippen molar-refractivity contribution in [3.63, 3.8) is 0 Å². The molecule has 0 aliphatic heterocycles. The Hall–Kier alpha value is -4.02. The molecule has 1 aromatic heterocycles. The molecule has 6 rings (SSSR count). The summed E-state index contributed by atoms with van der Waals surface area (Å²) >= 11 is 0. The largest absolute Gasteiger partial charge is 0.302 e. The Morgan fingerprint density at radius 1 is 0.733 bits per heavy atom. The van der Waals surface area contributed by atoms with Crippen molar-refractivity contribution in [2.75, 3.05) is 0 Å². The molecule has 0 radical (unpaired) electrons. The molecular formula is C29H19N. The summed E-state index contributed by atoms with van der Waals surface area (Å²) in [5.41, 5.74) is 13.7. The second kappa shape index (κ2) is 6.51. The van der Waals surface area contributed by atoms with Crippen molar-refractivity contribution < 1.29 is 0 Å². The maximum absolute atomic E-state index is 3.29. The molecule has 1 heterocycles. The molecule has 0 saturated heterocycles. The second-order valence-electron chi connectivity index (χ2n) is 7.71. The molecule has 0 fully saturated rings. The van der Waals surface area contributed by atoms with E-state index < -0.39 is 0 Å². The van der Waals surface area contributed by atoms with E-state index in [1.165, 1.54) is 49.3 Å². The molecule has 1 nitrogen and oxygen atoms in total. The summed E-state index contributed by atoms with van der Waals surface area (Å²) < 4.78 is 2.30. The maximum Gasteiger partial charge on any atom is 0.0973 e. The summed E-state index contributed by atoms with van der Waals surface area (Å²) in [7, 11) is 0. The lowest BCUT2D eigenvalue weighted by molar-refractivity contribution is 1.24. The molecule has 0 unspecified atom stereocenters. The number of para-hydroxylation sites is 1. The lowest BCUT2D eigenvalue weighted by atomic mass is 9.91. The SMILES string of the molecule is Cc1ccc2ccccc2c1-c1cccc2c1c1ccccc1n2C1=C=C=CC=C1. The van der Waals surface area contributed by atoms with Gasteiger partial charge in [-0.1, -0.05) is 78.5 Å². The van der Waals surface area contributed by atoms with Crippen molar-refractivity contribution in [3.8, 4) is 11.1 Å². The summed E-state index contributed by atoms with van der Waals surface area (Å²) in [5.74, 6) is 0. The smallest absolute Gasteiger partial charge is 0.0973 e. The van der Waals surface area contributed by atoms with Crippen LogP contribution in [0.2, 0.25) is 0 Å². The average Bonchev–Trinajstić information content (AvgIpc) is 3.14. The highest BCUT2D eigenvalue weighted by molar-refractivity contribution is 6.19. The lowest BCUT2D eigenvalue weighted by Gasteiger charge is -2.13. The summed E-state index contributed by atoms with van der Waals surface area (Å²) in [4.78, 5) is 0. The van der Waals surface area contributed by atoms with Gasteiger partial charge in [0.05, 0.1) is 16.7 Å². The van der Waals surface area contributed by atoms with Crippen LogP contribution >= 0.6 is 0 Å². The monoisotopic (exact) mass is 381 g/mol. The van der Waals surface area contributed by atoms with Crippen LogP contribution in [0.25, 0.3) is 49.4 Å². The van der Waals surface area contributed by atoms with Crippen LogP contribution in [0.1, 0.15) is 5.56 Å². The number of rotatable bonds is 2. The van der Waals surface area contributed by atoms with E-state index >= 15 is 0 Å². The molecule has 0 amide bonds. The molecule has 1 aliphatic rings. The van der Waals surface area contributed by atoms with Gasteiger partial charge in [-0.15, -0.1) is 0 Å². The predicted octanol–water partition coefficient (Wildman–Crippen LogP) is 7.64. The molecule has 30 heavy (non-hydrogen) atoms. The molecule has 5 aromatic rings. The Labute approximate surface area is 175 Å². The number of aromatic nitrogens is 1. The van der Waals surface area contributed by atoms with E-state index in [2.05, 4.69) is 108 Å². The van der Waals surface area contributed by atoms with Crippen LogP contribution in [0.5, 0.6) is 0 Å². The maximum atomic E-state index is 3.29. The van der Waals surface area contributed by atoms with Gasteiger partial charge in [-0.25, -0.2) is 0 Å². The van der Waals surface area contributed by atoms with Gasteiger partial charge in [-0.05, 0) is 64.4 Å². The first-order valence-electron chi connectivity index (χ1n) is 10.2. The molecular weight excluding hydrogens is 362 g/mol. The van der Waals surface area contributed by atoms with E-state index in [-0.39, 0.29) is 0 Å². The molecule has 0 bridgehead atoms. The highest BCUT2D eigenvalue weighted by atomic mass is 15.0. The van der Waals surface area contributed by atoms with Crippen LogP contribution in [-0.4, -0.2) is 4.57 Å². The van der Waals surface area contributed by atoms with Gasteiger partial charge in [-0.3, -0.25) is 0 Å². The van der Waals surface area contributed by atoms with Crippen molar-refractivity contribution in [2.24, 2.45) is 0 Å². The minimum absolute atomic E-state index is 1.01. The first-order chi connectivity index (χ1) is 14.8. The molecule has 1 heteroatoms. The Morgan fingerprint density at radius 2 is 1.53 bits per heavy atom. The van der Waals surface area contributed by atoms with Gasteiger partial charge in [0.1, 0.15) is 0 Å². The summed E-state index contributed by atoms with van der Waals surface area (Å²) in [6, 6.07) is 28.4. The van der Waals surface area contributed by atoms with Crippen molar-refractivity contribution in [2.45, 2.75) is 6.92 Å². The van der Waals surface area contributed by atoms with Crippen LogP contribution in [-0.2, 0) is 0 Å². The van der Waals surface area contributed by atoms with E-state index in [4.69, 9.17) is 0 Å². The van der Waals surface area contributed by atoms with Crippen molar-refractivity contribution in [1.29, 1.82) is 0 Å². The highest BCUT2D eigenvalue weighted by Gasteiger charge is 2.18. The standard InChI is InChI=1S/C29H19N/c1-20-18-19-21-10-5-6-13-23(21)28(20)25-15-9-17-27-29(25)24-14-7-8-16-26(24)30(27)22-11-3-2-4-12-22/h2-3,5-11,13-19H,1H3. The molecule has 140 valence electrons. The predicted molar refractivity (Wildman–Crippen MR) is 128 cm³/mol. The van der Waals surface area contributed by atoms with Crippen LogP contribution in [0.4, 0.5) is 0 Å². The molecule has 0 N–H and O–H groups in total. The topological polar surface area (TPSA) is 4.93 Å². The molecule has 1 aliphatic carbocycles. The van der Waals surface area contributed by atoms with E-state index in [1.807, 2.05) is 12.2 Å². The molecule has 0 saturated carbocycles. The van der Waals surface area contributed by atoms with E-state index in [9.17, 15) is 0 Å². The minimum Gasteiger partial charge on any atom is -0.302 e. The fourth-order valence-corrected chi connectivity index (χ4v) is 4.70. The Balaban J connectivity index is 1.82. The van der Waals surface area contributed by atoms with Gasteiger partial charge in [0.2, 0.25) is 0 Å². The van der Waals surface area contributed by atoms with Gasteiger partial charge >= 0.3 is 0 Å². The summed E-state index contributed by atoms with van der Waals surface area (Å²) in [5, 5.41) is 5.10. The molecule has 0 atom stereocenters. The average molecular weight is 381 g/mol. The number of hydrogen-bond donors (Lipinski definition) is 0. The zero-order chi connectivity index (χ0) is 20.1. The van der Waals surface area contributed by atoms with E-state index in [1.54, 1.807) is 0 Å². The third kappa shape index (κ3) is 2.38. The van der Waals surface area contributed by atoms with E-state index in [0.29, 0.717) is 0 Å². The normalized spacial score (nSPS) is 12.9. The van der Waals surface area contributed by atoms with E-state index in [0.717, 1.165) is 5.70 Å². The van der Waals surface area contributed by atoms with Crippen LogP contribution in [0, 0.1) is 6.92 Å². The Kier molecular flexibility index (Phi) is 3.66. The van der Waals surface area contributed by atoms with Gasteiger partial charge in [0.15, 0.2) is 0 Å². The molecule has 0 spiro atoms. The van der Waals surface area contributed by atoms with Crippen molar-refractivity contribution >= 4 is 38.3 Å². The fraction of sp³-hybridized carbons (Fsp3) is 0.0345. The summed E-state index contributed by atoms with van der Waals surface area (Å²) in [6.07, 6.45) is 6.01. The first-order valence-corrected chi connectivity index (χ1v) is 10.2. The number of aryl methyl sites for hydroxylation is 1. The number of fused-ring (bicyclic) bond motifs is 4. The van der Waals surface area contributed by atoms with Crippen LogP contribution in [0.3, 0.4) is 0 Å². The first kappa shape index (κ1) is 16.9. The van der Waals surface area contributed by atoms with Crippen molar-refractivity contribution in [3.05, 3.63) is 114 Å². The van der Waals surface area contributed by atoms with Gasteiger partial charge in [0.25, 0.3) is 0 Å². The van der Waals surface area contributed by atoms with Gasteiger partial charge < -0.3 is 4.57 Å². The minimum atomic E-state index is 1.01. The number of benzene rings is 4. The molecule has 4 aromatic carbocycles. The highest BCUT2D eigenvalue weighted by Crippen LogP contribution is 2.41. The Morgan fingerprint density at radius 3 is 2.40 bits per heavy atom. The third-order valence-corrected chi connectivity index (χ3v) is 5.98. The number of allylic oxidation sites excluding steroid dienone is 4. The quantitative estimate of drug-likeness (QED) is 0.277. The van der Waals surface area contributed by atoms with Crippen LogP contribution < -0.4 is 0 Å². The third-order valence-electron chi connectivity index (χ3n) is 5.98. The zero-order valence-corrected chi connectivity index (χ0v) is 16.7. The fourth-order valence-electron chi connectivity index (χ4n) is 4.70. The van der Waals surface area contributed by atoms with Gasteiger partial charge in [-0.2, -0.15) is 0 Å². The number of hydrogen-bond acceptors (Lipinski definition) is 0. The second-order valence-corrected chi connectivity index (χ2v) is 7.71. The van der Waals surface area contributed by atoms with Gasteiger partial charge in [0, 0.05) is 10.8 Å².